The van der Waals surface area contributed by atoms with E-state index in [4.69, 9.17) is 0 Å². The summed E-state index contributed by atoms with van der Waals surface area (Å²) >= 11 is 0. The first-order chi connectivity index (χ1) is 14.3. The van der Waals surface area contributed by atoms with Gasteiger partial charge < -0.3 is 15.1 Å². The van der Waals surface area contributed by atoms with Crippen molar-refractivity contribution in [1.82, 2.24) is 19.8 Å². The van der Waals surface area contributed by atoms with Crippen LogP contribution in [0.25, 0.3) is 0 Å². The molecule has 9 heteroatoms. The summed E-state index contributed by atoms with van der Waals surface area (Å²) in [5.74, 6) is 0.139. The Bertz CT molecular complexity index is 799. The second-order valence-corrected chi connectivity index (χ2v) is 9.40. The first-order valence-electron chi connectivity index (χ1n) is 10.7. The molecule has 1 aromatic rings. The molecule has 0 unspecified atom stereocenters. The molecule has 1 saturated heterocycles. The van der Waals surface area contributed by atoms with Crippen LogP contribution in [0, 0.1) is 0 Å². The van der Waals surface area contributed by atoms with Crippen LogP contribution in [0.3, 0.4) is 0 Å². The molecule has 0 bridgehead atoms. The van der Waals surface area contributed by atoms with Crippen molar-refractivity contribution < 1.29 is 18.0 Å². The zero-order chi connectivity index (χ0) is 22.1. The van der Waals surface area contributed by atoms with E-state index in [0.29, 0.717) is 57.5 Å². The molecule has 8 nitrogen and oxygen atoms in total. The van der Waals surface area contributed by atoms with Gasteiger partial charge in [-0.2, -0.15) is 0 Å². The summed E-state index contributed by atoms with van der Waals surface area (Å²) in [5, 5.41) is 2.90. The summed E-state index contributed by atoms with van der Waals surface area (Å²) in [6.07, 6.45) is 1.80. The molecule has 0 spiro atoms. The third kappa shape index (κ3) is 6.98. The Morgan fingerprint density at radius 3 is 2.20 bits per heavy atom. The number of likely N-dealkylation sites (tertiary alicyclic amines) is 1. The highest BCUT2D eigenvalue weighted by molar-refractivity contribution is 7.89. The van der Waals surface area contributed by atoms with E-state index in [1.54, 1.807) is 21.9 Å². The molecule has 168 valence electrons. The Morgan fingerprint density at radius 2 is 1.67 bits per heavy atom. The third-order valence-electron chi connectivity index (χ3n) is 5.30. The van der Waals surface area contributed by atoms with E-state index in [9.17, 15) is 18.0 Å². The maximum Gasteiger partial charge on any atom is 0.317 e. The van der Waals surface area contributed by atoms with Gasteiger partial charge in [-0.1, -0.05) is 19.1 Å². The van der Waals surface area contributed by atoms with E-state index in [1.807, 2.05) is 32.9 Å². The summed E-state index contributed by atoms with van der Waals surface area (Å²) in [6.45, 7) is 8.49. The minimum absolute atomic E-state index is 0.00742. The topological polar surface area (TPSA) is 98.8 Å². The first kappa shape index (κ1) is 24.1. The number of nitrogens with zero attached hydrogens (tertiary/aromatic N) is 2. The molecule has 0 aromatic heterocycles. The maximum atomic E-state index is 12.4. The smallest absolute Gasteiger partial charge is 0.317 e. The number of hydrogen-bond donors (Lipinski definition) is 2. The van der Waals surface area contributed by atoms with E-state index in [-0.39, 0.29) is 23.7 Å². The molecule has 1 fully saturated rings. The van der Waals surface area contributed by atoms with Gasteiger partial charge in [0.25, 0.3) is 5.91 Å². The lowest BCUT2D eigenvalue weighted by Gasteiger charge is -2.32. The summed E-state index contributed by atoms with van der Waals surface area (Å²) in [6, 6.07) is 7.01. The number of carbonyl (C=O) groups excluding carboxylic acids is 2. The zero-order valence-electron chi connectivity index (χ0n) is 18.2. The van der Waals surface area contributed by atoms with Crippen LogP contribution in [0.1, 0.15) is 56.0 Å². The van der Waals surface area contributed by atoms with Crippen molar-refractivity contribution in [2.45, 2.75) is 52.6 Å². The molecule has 30 heavy (non-hydrogen) atoms. The van der Waals surface area contributed by atoms with Gasteiger partial charge in [0.2, 0.25) is 10.0 Å². The number of hydrogen-bond acceptors (Lipinski definition) is 4. The van der Waals surface area contributed by atoms with Crippen molar-refractivity contribution in [3.05, 3.63) is 35.4 Å². The SMILES string of the molecule is CCCS(=O)(=O)NC1CCN(C(=O)NCc2ccc(C(=O)N(CC)CC)cc2)CC1. The van der Waals surface area contributed by atoms with E-state index < -0.39 is 10.0 Å². The molecule has 0 aliphatic carbocycles. The fraction of sp³-hybridized carbons (Fsp3) is 0.619. The second-order valence-electron chi connectivity index (χ2n) is 7.53. The van der Waals surface area contributed by atoms with Gasteiger partial charge in [0, 0.05) is 44.3 Å². The minimum Gasteiger partial charge on any atom is -0.339 e. The fourth-order valence-corrected chi connectivity index (χ4v) is 4.93. The number of sulfonamides is 1. The molecular formula is C21H34N4O4S. The average molecular weight is 439 g/mol. The number of piperidine rings is 1. The maximum absolute atomic E-state index is 12.4. The summed E-state index contributed by atoms with van der Waals surface area (Å²) in [5.41, 5.74) is 1.56. The molecule has 1 aliphatic rings. The normalized spacial score (nSPS) is 15.1. The van der Waals surface area contributed by atoms with Gasteiger partial charge >= 0.3 is 6.03 Å². The minimum atomic E-state index is -3.23. The Morgan fingerprint density at radius 1 is 1.07 bits per heavy atom. The molecule has 1 aliphatic heterocycles. The molecule has 0 atom stereocenters. The lowest BCUT2D eigenvalue weighted by atomic mass is 10.1. The Hall–Kier alpha value is -2.13. The van der Waals surface area contributed by atoms with Gasteiger partial charge in [-0.3, -0.25) is 4.79 Å². The number of benzene rings is 1. The highest BCUT2D eigenvalue weighted by Gasteiger charge is 2.25. The molecule has 2 rings (SSSR count). The largest absolute Gasteiger partial charge is 0.339 e. The first-order valence-corrected chi connectivity index (χ1v) is 12.4. The highest BCUT2D eigenvalue weighted by Crippen LogP contribution is 2.13. The lowest BCUT2D eigenvalue weighted by Crippen LogP contribution is -2.49. The monoisotopic (exact) mass is 438 g/mol. The Balaban J connectivity index is 1.79. The van der Waals surface area contributed by atoms with Crippen molar-refractivity contribution in [1.29, 1.82) is 0 Å². The molecule has 0 saturated carbocycles. The number of nitrogens with one attached hydrogen (secondary N) is 2. The molecular weight excluding hydrogens is 404 g/mol. The van der Waals surface area contributed by atoms with Crippen LogP contribution in [0.15, 0.2) is 24.3 Å². The molecule has 2 N–H and O–H groups in total. The van der Waals surface area contributed by atoms with Crippen LogP contribution in [-0.2, 0) is 16.6 Å². The van der Waals surface area contributed by atoms with Gasteiger partial charge in [-0.05, 0) is 50.8 Å². The summed E-state index contributed by atoms with van der Waals surface area (Å²) < 4.78 is 26.5. The third-order valence-corrected chi connectivity index (χ3v) is 6.93. The number of rotatable bonds is 9. The highest BCUT2D eigenvalue weighted by atomic mass is 32.2. The van der Waals surface area contributed by atoms with Crippen LogP contribution in [0.4, 0.5) is 4.79 Å². The standard InChI is InChI=1S/C21H34N4O4S/c1-4-15-30(28,29)23-19-11-13-25(14-12-19)21(27)22-16-17-7-9-18(10-8-17)20(26)24(5-2)6-3/h7-10,19,23H,4-6,11-16H2,1-3H3,(H,22,27). The Labute approximate surface area is 180 Å². The van der Waals surface area contributed by atoms with E-state index >= 15 is 0 Å². The van der Waals surface area contributed by atoms with Crippen LogP contribution in [0.2, 0.25) is 0 Å². The quantitative estimate of drug-likeness (QED) is 0.617. The fourth-order valence-electron chi connectivity index (χ4n) is 3.53. The van der Waals surface area contributed by atoms with Gasteiger partial charge in [-0.15, -0.1) is 0 Å². The number of urea groups is 1. The van der Waals surface area contributed by atoms with Crippen molar-refractivity contribution in [3.63, 3.8) is 0 Å². The number of amides is 3. The van der Waals surface area contributed by atoms with Crippen molar-refractivity contribution in [3.8, 4) is 0 Å². The zero-order valence-corrected chi connectivity index (χ0v) is 19.0. The molecule has 0 radical (unpaired) electrons. The van der Waals surface area contributed by atoms with Crippen LogP contribution < -0.4 is 10.0 Å². The van der Waals surface area contributed by atoms with Gasteiger partial charge in [0.05, 0.1) is 5.75 Å². The van der Waals surface area contributed by atoms with Crippen molar-refractivity contribution in [2.75, 3.05) is 31.9 Å². The van der Waals surface area contributed by atoms with Crippen molar-refractivity contribution >= 4 is 22.0 Å². The van der Waals surface area contributed by atoms with E-state index in [2.05, 4.69) is 10.0 Å². The Kier molecular flexibility index (Phi) is 9.10. The second kappa shape index (κ2) is 11.3. The van der Waals surface area contributed by atoms with E-state index in [0.717, 1.165) is 5.56 Å². The molecule has 3 amide bonds. The summed E-state index contributed by atoms with van der Waals surface area (Å²) in [7, 11) is -3.23. The van der Waals surface area contributed by atoms with Crippen LogP contribution >= 0.6 is 0 Å². The average Bonchev–Trinajstić information content (AvgIpc) is 2.73. The molecule has 1 aromatic carbocycles. The predicted molar refractivity (Wildman–Crippen MR) is 118 cm³/mol. The lowest BCUT2D eigenvalue weighted by molar-refractivity contribution is 0.0773. The van der Waals surface area contributed by atoms with Gasteiger partial charge in [-0.25, -0.2) is 17.9 Å². The van der Waals surface area contributed by atoms with E-state index in [1.165, 1.54) is 0 Å². The molecule has 1 heterocycles. The van der Waals surface area contributed by atoms with Gasteiger partial charge in [0.15, 0.2) is 0 Å². The predicted octanol–water partition coefficient (Wildman–Crippen LogP) is 2.17. The van der Waals surface area contributed by atoms with Crippen LogP contribution in [-0.4, -0.2) is 68.1 Å². The van der Waals surface area contributed by atoms with Crippen molar-refractivity contribution in [2.24, 2.45) is 0 Å². The summed E-state index contributed by atoms with van der Waals surface area (Å²) in [4.78, 5) is 28.2. The number of carbonyl (C=O) groups is 2. The van der Waals surface area contributed by atoms with Crippen LogP contribution in [0.5, 0.6) is 0 Å². The van der Waals surface area contributed by atoms with Gasteiger partial charge in [0.1, 0.15) is 0 Å².